The van der Waals surface area contributed by atoms with E-state index >= 15 is 0 Å². The number of esters is 1. The molecule has 0 saturated heterocycles. The highest BCUT2D eigenvalue weighted by Crippen LogP contribution is 2.21. The number of hydrogen-bond donors (Lipinski definition) is 4. The van der Waals surface area contributed by atoms with Crippen molar-refractivity contribution in [3.63, 3.8) is 0 Å². The van der Waals surface area contributed by atoms with Gasteiger partial charge in [-0.05, 0) is 23.3 Å². The molecule has 7 heteroatoms. The number of amides is 2. The number of carbonyl (C=O) groups is 2. The number of nitrogens with two attached hydrogens (primary N) is 1. The Labute approximate surface area is 145 Å². The van der Waals surface area contributed by atoms with E-state index in [1.165, 1.54) is 7.11 Å². The van der Waals surface area contributed by atoms with Gasteiger partial charge < -0.3 is 21.1 Å². The fourth-order valence-electron chi connectivity index (χ4n) is 2.14. The van der Waals surface area contributed by atoms with Crippen molar-refractivity contribution < 1.29 is 14.3 Å². The Morgan fingerprint density at radius 1 is 1.04 bits per heavy atom. The molecule has 130 valence electrons. The molecule has 0 aromatic heterocycles. The summed E-state index contributed by atoms with van der Waals surface area (Å²) >= 11 is 0. The number of benzene rings is 2. The molecule has 0 aliphatic rings. The largest absolute Gasteiger partial charge is 0.469 e. The number of carbonyl (C=O) groups excluding carboxylic acids is 2. The van der Waals surface area contributed by atoms with E-state index < -0.39 is 0 Å². The molecule has 0 heterocycles. The highest BCUT2D eigenvalue weighted by Gasteiger charge is 2.05. The molecular weight excluding hydrogens is 320 g/mol. The van der Waals surface area contributed by atoms with Crippen LogP contribution in [0.15, 0.2) is 48.5 Å². The Bertz CT molecular complexity index is 755. The van der Waals surface area contributed by atoms with Crippen molar-refractivity contribution >= 4 is 23.5 Å². The fourth-order valence-corrected chi connectivity index (χ4v) is 2.14. The maximum Gasteiger partial charge on any atom is 0.319 e. The number of nitrogen functional groups attached to an aromatic ring is 1. The van der Waals surface area contributed by atoms with Crippen molar-refractivity contribution in [2.75, 3.05) is 19.0 Å². The normalized spacial score (nSPS) is 9.96. The van der Waals surface area contributed by atoms with Crippen LogP contribution in [0.25, 0.3) is 11.1 Å². The lowest BCUT2D eigenvalue weighted by Crippen LogP contribution is -2.30. The molecule has 25 heavy (non-hydrogen) atoms. The number of amidine groups is 1. The lowest BCUT2D eigenvalue weighted by molar-refractivity contribution is -0.140. The summed E-state index contributed by atoms with van der Waals surface area (Å²) in [6, 6.07) is 14.3. The first kappa shape index (κ1) is 18.0. The van der Waals surface area contributed by atoms with E-state index in [-0.39, 0.29) is 30.8 Å². The van der Waals surface area contributed by atoms with Gasteiger partial charge in [-0.2, -0.15) is 0 Å². The second-order valence-electron chi connectivity index (χ2n) is 5.28. The van der Waals surface area contributed by atoms with E-state index in [2.05, 4.69) is 15.4 Å². The van der Waals surface area contributed by atoms with Crippen LogP contribution in [0.4, 0.5) is 10.5 Å². The second-order valence-corrected chi connectivity index (χ2v) is 5.28. The second kappa shape index (κ2) is 8.49. The zero-order valence-electron chi connectivity index (χ0n) is 13.8. The molecule has 0 radical (unpaired) electrons. The van der Waals surface area contributed by atoms with E-state index in [1.54, 1.807) is 24.3 Å². The zero-order valence-corrected chi connectivity index (χ0v) is 13.8. The summed E-state index contributed by atoms with van der Waals surface area (Å²) < 4.78 is 4.50. The number of urea groups is 1. The summed E-state index contributed by atoms with van der Waals surface area (Å²) in [4.78, 5) is 22.7. The van der Waals surface area contributed by atoms with Gasteiger partial charge in [0.15, 0.2) is 0 Å². The minimum atomic E-state index is -0.387. The topological polar surface area (TPSA) is 117 Å². The molecule has 0 bridgehead atoms. The number of anilines is 1. The van der Waals surface area contributed by atoms with Crippen LogP contribution in [0.1, 0.15) is 12.0 Å². The number of nitrogens with one attached hydrogen (secondary N) is 3. The van der Waals surface area contributed by atoms with Crippen molar-refractivity contribution in [3.05, 3.63) is 54.1 Å². The van der Waals surface area contributed by atoms with Gasteiger partial charge >= 0.3 is 12.0 Å². The van der Waals surface area contributed by atoms with Crippen molar-refractivity contribution in [2.24, 2.45) is 5.73 Å². The summed E-state index contributed by atoms with van der Waals surface area (Å²) in [5, 5.41) is 12.7. The third-order valence-corrected chi connectivity index (χ3v) is 3.51. The standard InChI is InChI=1S/C18H20N4O3/c1-25-16(23)10-11-21-18(24)22-15-8-6-13(7-9-15)12-2-4-14(5-3-12)17(19)20/h2-9H,10-11H2,1H3,(H3,19,20)(H2,21,22,24). The molecule has 0 saturated carbocycles. The predicted molar refractivity (Wildman–Crippen MR) is 96.5 cm³/mol. The molecule has 5 N–H and O–H groups in total. The molecule has 2 amide bonds. The summed E-state index contributed by atoms with van der Waals surface area (Å²) in [5.41, 5.74) is 8.71. The first-order valence-electron chi connectivity index (χ1n) is 7.66. The van der Waals surface area contributed by atoms with Crippen molar-refractivity contribution in [3.8, 4) is 11.1 Å². The van der Waals surface area contributed by atoms with Crippen molar-refractivity contribution in [1.29, 1.82) is 5.41 Å². The molecule has 2 rings (SSSR count). The number of methoxy groups -OCH3 is 1. The van der Waals surface area contributed by atoms with E-state index in [4.69, 9.17) is 11.1 Å². The van der Waals surface area contributed by atoms with Gasteiger partial charge in [-0.3, -0.25) is 10.2 Å². The lowest BCUT2D eigenvalue weighted by Gasteiger charge is -2.08. The maximum atomic E-state index is 11.7. The third-order valence-electron chi connectivity index (χ3n) is 3.51. The van der Waals surface area contributed by atoms with Crippen LogP contribution in [0.5, 0.6) is 0 Å². The Morgan fingerprint density at radius 3 is 2.12 bits per heavy atom. The minimum absolute atomic E-state index is 0.0318. The van der Waals surface area contributed by atoms with E-state index in [0.717, 1.165) is 11.1 Å². The minimum Gasteiger partial charge on any atom is -0.469 e. The Morgan fingerprint density at radius 2 is 1.60 bits per heavy atom. The molecule has 2 aromatic carbocycles. The van der Waals surface area contributed by atoms with Crippen LogP contribution < -0.4 is 16.4 Å². The molecule has 0 fully saturated rings. The maximum absolute atomic E-state index is 11.7. The number of rotatable bonds is 6. The van der Waals surface area contributed by atoms with Gasteiger partial charge in [0.2, 0.25) is 0 Å². The van der Waals surface area contributed by atoms with Gasteiger partial charge in [-0.15, -0.1) is 0 Å². The van der Waals surface area contributed by atoms with Gasteiger partial charge in [0.05, 0.1) is 13.5 Å². The number of ether oxygens (including phenoxy) is 1. The average molecular weight is 340 g/mol. The van der Waals surface area contributed by atoms with Crippen LogP contribution in [0.3, 0.4) is 0 Å². The summed E-state index contributed by atoms with van der Waals surface area (Å²) in [6.45, 7) is 0.207. The van der Waals surface area contributed by atoms with Crippen molar-refractivity contribution in [2.45, 2.75) is 6.42 Å². The van der Waals surface area contributed by atoms with Crippen LogP contribution in [0, 0.1) is 5.41 Å². The fraction of sp³-hybridized carbons (Fsp3) is 0.167. The van der Waals surface area contributed by atoms with E-state index in [0.29, 0.717) is 11.3 Å². The molecule has 0 spiro atoms. The van der Waals surface area contributed by atoms with Crippen LogP contribution in [-0.4, -0.2) is 31.5 Å². The van der Waals surface area contributed by atoms with Crippen LogP contribution in [-0.2, 0) is 9.53 Å². The predicted octanol–water partition coefficient (Wildman–Crippen LogP) is 2.32. The zero-order chi connectivity index (χ0) is 18.2. The number of hydrogen-bond acceptors (Lipinski definition) is 4. The average Bonchev–Trinajstić information content (AvgIpc) is 2.62. The Balaban J connectivity index is 1.92. The SMILES string of the molecule is COC(=O)CCNC(=O)Nc1ccc(-c2ccc(C(=N)N)cc2)cc1. The summed E-state index contributed by atoms with van der Waals surface area (Å²) in [5.74, 6) is -0.343. The van der Waals surface area contributed by atoms with E-state index in [9.17, 15) is 9.59 Å². The van der Waals surface area contributed by atoms with Crippen LogP contribution >= 0.6 is 0 Å². The Kier molecular flexibility index (Phi) is 6.11. The van der Waals surface area contributed by atoms with Gasteiger partial charge in [-0.1, -0.05) is 36.4 Å². The van der Waals surface area contributed by atoms with Gasteiger partial charge in [0.1, 0.15) is 5.84 Å². The first-order chi connectivity index (χ1) is 12.0. The molecular formula is C18H20N4O3. The van der Waals surface area contributed by atoms with Gasteiger partial charge in [-0.25, -0.2) is 4.79 Å². The molecule has 0 aliphatic carbocycles. The van der Waals surface area contributed by atoms with E-state index in [1.807, 2.05) is 24.3 Å². The molecule has 2 aromatic rings. The highest BCUT2D eigenvalue weighted by atomic mass is 16.5. The quantitative estimate of drug-likeness (QED) is 0.367. The van der Waals surface area contributed by atoms with Gasteiger partial charge in [0.25, 0.3) is 0 Å². The monoisotopic (exact) mass is 340 g/mol. The highest BCUT2D eigenvalue weighted by molar-refractivity contribution is 5.95. The smallest absolute Gasteiger partial charge is 0.319 e. The molecule has 0 aliphatic heterocycles. The van der Waals surface area contributed by atoms with Crippen molar-refractivity contribution in [1.82, 2.24) is 5.32 Å². The lowest BCUT2D eigenvalue weighted by atomic mass is 10.0. The Hall–Kier alpha value is -3.35. The molecule has 0 atom stereocenters. The van der Waals surface area contributed by atoms with Crippen LogP contribution in [0.2, 0.25) is 0 Å². The molecule has 0 unspecified atom stereocenters. The molecule has 7 nitrogen and oxygen atoms in total. The van der Waals surface area contributed by atoms with Gasteiger partial charge in [0, 0.05) is 17.8 Å². The summed E-state index contributed by atoms with van der Waals surface area (Å²) in [7, 11) is 1.30. The first-order valence-corrected chi connectivity index (χ1v) is 7.66. The summed E-state index contributed by atoms with van der Waals surface area (Å²) in [6.07, 6.45) is 0.124. The third kappa shape index (κ3) is 5.35.